The number of aliphatic imine (C=N–C) groups is 1. The van der Waals surface area contributed by atoms with Gasteiger partial charge in [-0.2, -0.15) is 4.99 Å². The summed E-state index contributed by atoms with van der Waals surface area (Å²) < 4.78 is 0. The van der Waals surface area contributed by atoms with Crippen molar-refractivity contribution in [3.8, 4) is 0 Å². The van der Waals surface area contributed by atoms with Gasteiger partial charge in [-0.25, -0.2) is 4.79 Å². The Morgan fingerprint density at radius 1 is 1.39 bits per heavy atom. The van der Waals surface area contributed by atoms with Crippen LogP contribution in [0.5, 0.6) is 0 Å². The summed E-state index contributed by atoms with van der Waals surface area (Å²) in [5.74, 6) is 0.561. The van der Waals surface area contributed by atoms with Crippen LogP contribution in [0.1, 0.15) is 39.0 Å². The number of urea groups is 1. The number of hydrogen-bond donors (Lipinski definition) is 1. The molecular formula is C13H22N4O. The average molecular weight is 250 g/mol. The van der Waals surface area contributed by atoms with E-state index in [4.69, 9.17) is 5.73 Å². The van der Waals surface area contributed by atoms with Crippen LogP contribution in [-0.2, 0) is 0 Å². The van der Waals surface area contributed by atoms with Crippen molar-refractivity contribution in [2.24, 2.45) is 10.7 Å². The van der Waals surface area contributed by atoms with E-state index in [1.165, 1.54) is 12.8 Å². The van der Waals surface area contributed by atoms with E-state index in [9.17, 15) is 4.79 Å². The topological polar surface area (TPSA) is 61.9 Å². The summed E-state index contributed by atoms with van der Waals surface area (Å²) in [6.07, 6.45) is 5.33. The van der Waals surface area contributed by atoms with Gasteiger partial charge in [-0.15, -0.1) is 0 Å². The maximum absolute atomic E-state index is 12.0. The van der Waals surface area contributed by atoms with Crippen molar-refractivity contribution in [3.63, 3.8) is 0 Å². The Labute approximate surface area is 108 Å². The second kappa shape index (κ2) is 3.95. The van der Waals surface area contributed by atoms with E-state index < -0.39 is 0 Å². The van der Waals surface area contributed by atoms with Gasteiger partial charge < -0.3 is 15.5 Å². The number of rotatable bonds is 2. The Bertz CT molecular complexity index is 392. The van der Waals surface area contributed by atoms with Crippen molar-refractivity contribution in [1.82, 2.24) is 9.80 Å². The number of nitrogens with two attached hydrogens (primary N) is 1. The first kappa shape index (κ1) is 12.0. The zero-order valence-corrected chi connectivity index (χ0v) is 11.2. The van der Waals surface area contributed by atoms with Crippen molar-refractivity contribution in [2.75, 3.05) is 13.6 Å². The molecule has 2 fully saturated rings. The highest BCUT2D eigenvalue weighted by Gasteiger charge is 2.56. The van der Waals surface area contributed by atoms with Crippen LogP contribution in [0.2, 0.25) is 0 Å². The molecule has 5 heteroatoms. The number of hydrogen-bond acceptors (Lipinski definition) is 3. The normalized spacial score (nSPS) is 39.8. The van der Waals surface area contributed by atoms with Crippen LogP contribution in [0.15, 0.2) is 4.99 Å². The third kappa shape index (κ3) is 1.43. The van der Waals surface area contributed by atoms with E-state index in [1.54, 1.807) is 0 Å². The van der Waals surface area contributed by atoms with Gasteiger partial charge in [-0.1, -0.05) is 6.92 Å². The average Bonchev–Trinajstić information content (AvgIpc) is 2.70. The zero-order chi connectivity index (χ0) is 12.9. The predicted octanol–water partition coefficient (Wildman–Crippen LogP) is 1.18. The second-order valence-corrected chi connectivity index (χ2v) is 5.92. The molecule has 2 amide bonds. The molecule has 2 saturated heterocycles. The van der Waals surface area contributed by atoms with Gasteiger partial charge in [0, 0.05) is 18.6 Å². The van der Waals surface area contributed by atoms with E-state index in [1.807, 2.05) is 4.90 Å². The Morgan fingerprint density at radius 2 is 2.00 bits per heavy atom. The van der Waals surface area contributed by atoms with Crippen LogP contribution in [0.25, 0.3) is 0 Å². The van der Waals surface area contributed by atoms with Crippen LogP contribution in [0.3, 0.4) is 0 Å². The smallest absolute Gasteiger partial charge is 0.346 e. The van der Waals surface area contributed by atoms with Gasteiger partial charge in [0.15, 0.2) is 0 Å². The molecule has 3 rings (SSSR count). The lowest BCUT2D eigenvalue weighted by Crippen LogP contribution is -2.62. The minimum Gasteiger partial charge on any atom is -0.385 e. The van der Waals surface area contributed by atoms with Crippen molar-refractivity contribution >= 4 is 11.9 Å². The summed E-state index contributed by atoms with van der Waals surface area (Å²) in [5, 5.41) is 0. The third-order valence-electron chi connectivity index (χ3n) is 5.02. The molecule has 100 valence electrons. The lowest BCUT2D eigenvalue weighted by molar-refractivity contribution is 0.0684. The summed E-state index contributed by atoms with van der Waals surface area (Å²) in [4.78, 5) is 20.5. The van der Waals surface area contributed by atoms with Crippen molar-refractivity contribution in [1.29, 1.82) is 0 Å². The highest BCUT2D eigenvalue weighted by atomic mass is 16.2. The van der Waals surface area contributed by atoms with E-state index >= 15 is 0 Å². The first-order valence-electron chi connectivity index (χ1n) is 6.96. The first-order chi connectivity index (χ1) is 8.58. The quantitative estimate of drug-likeness (QED) is 0.800. The Balaban J connectivity index is 1.93. The molecule has 0 aromatic rings. The molecule has 0 saturated carbocycles. The molecule has 0 radical (unpaired) electrons. The number of amides is 2. The lowest BCUT2D eigenvalue weighted by Gasteiger charge is -2.47. The second-order valence-electron chi connectivity index (χ2n) is 5.92. The summed E-state index contributed by atoms with van der Waals surface area (Å²) in [6, 6.07) is 0.990. The van der Waals surface area contributed by atoms with Gasteiger partial charge in [-0.3, -0.25) is 0 Å². The summed E-state index contributed by atoms with van der Waals surface area (Å²) in [5.41, 5.74) is 5.85. The third-order valence-corrected chi connectivity index (χ3v) is 5.02. The zero-order valence-electron chi connectivity index (χ0n) is 11.2. The molecule has 2 bridgehead atoms. The SMILES string of the molecule is CCCN1C(=O)N=C(N)C12CC1CCC(C2)N1C. The number of fused-ring (bicyclic) bond motifs is 2. The van der Waals surface area contributed by atoms with Gasteiger partial charge in [0.05, 0.1) is 0 Å². The van der Waals surface area contributed by atoms with Crippen LogP contribution in [0.4, 0.5) is 4.79 Å². The molecular weight excluding hydrogens is 228 g/mol. The summed E-state index contributed by atoms with van der Waals surface area (Å²) in [7, 11) is 2.20. The number of nitrogens with zero attached hydrogens (tertiary/aromatic N) is 3. The van der Waals surface area contributed by atoms with Gasteiger partial charge in [0.2, 0.25) is 0 Å². The number of carbonyl (C=O) groups is 1. The Morgan fingerprint density at radius 3 is 2.56 bits per heavy atom. The standard InChI is InChI=1S/C13H22N4O/c1-3-6-17-12(18)15-11(14)13(17)7-9-4-5-10(8-13)16(9)2/h9-10H,3-8H2,1-2H3,(H2,14,15,18). The van der Waals surface area contributed by atoms with Crippen LogP contribution < -0.4 is 5.73 Å². The fourth-order valence-corrected chi connectivity index (χ4v) is 4.00. The fourth-order valence-electron chi connectivity index (χ4n) is 4.00. The Kier molecular flexibility index (Phi) is 2.62. The van der Waals surface area contributed by atoms with Gasteiger partial charge in [-0.05, 0) is 39.2 Å². The van der Waals surface area contributed by atoms with Gasteiger partial charge in [0.1, 0.15) is 11.4 Å². The maximum atomic E-state index is 12.0. The molecule has 18 heavy (non-hydrogen) atoms. The monoisotopic (exact) mass is 250 g/mol. The van der Waals surface area contributed by atoms with Gasteiger partial charge >= 0.3 is 6.03 Å². The molecule has 3 aliphatic heterocycles. The first-order valence-corrected chi connectivity index (χ1v) is 6.96. The van der Waals surface area contributed by atoms with Crippen LogP contribution >= 0.6 is 0 Å². The van der Waals surface area contributed by atoms with Crippen molar-refractivity contribution in [2.45, 2.75) is 56.7 Å². The molecule has 2 unspecified atom stereocenters. The minimum absolute atomic E-state index is 0.127. The van der Waals surface area contributed by atoms with E-state index in [2.05, 4.69) is 23.9 Å². The molecule has 2 N–H and O–H groups in total. The number of piperidine rings is 1. The Hall–Kier alpha value is -1.10. The fraction of sp³-hybridized carbons (Fsp3) is 0.846. The van der Waals surface area contributed by atoms with Crippen molar-refractivity contribution in [3.05, 3.63) is 0 Å². The number of amidine groups is 1. The largest absolute Gasteiger partial charge is 0.385 e. The van der Waals surface area contributed by atoms with Crippen molar-refractivity contribution < 1.29 is 4.79 Å². The molecule has 0 aromatic carbocycles. The lowest BCUT2D eigenvalue weighted by atomic mass is 9.81. The molecule has 0 aromatic heterocycles. The summed E-state index contributed by atoms with van der Waals surface area (Å²) >= 11 is 0. The predicted molar refractivity (Wildman–Crippen MR) is 70.6 cm³/mol. The van der Waals surface area contributed by atoms with Gasteiger partial charge in [0.25, 0.3) is 0 Å². The van der Waals surface area contributed by atoms with Crippen LogP contribution in [0, 0.1) is 0 Å². The molecule has 1 spiro atoms. The van der Waals surface area contributed by atoms with Crippen LogP contribution in [-0.4, -0.2) is 52.9 Å². The maximum Gasteiger partial charge on any atom is 0.346 e. The van der Waals surface area contributed by atoms with E-state index in [-0.39, 0.29) is 11.6 Å². The minimum atomic E-state index is -0.272. The molecule has 5 nitrogen and oxygen atoms in total. The molecule has 3 aliphatic rings. The highest BCUT2D eigenvalue weighted by molar-refractivity contribution is 6.06. The number of carbonyl (C=O) groups excluding carboxylic acids is 1. The van der Waals surface area contributed by atoms with E-state index in [0.29, 0.717) is 17.9 Å². The molecule has 0 aliphatic carbocycles. The highest BCUT2D eigenvalue weighted by Crippen LogP contribution is 2.44. The molecule has 2 atom stereocenters. The van der Waals surface area contributed by atoms with E-state index in [0.717, 1.165) is 25.8 Å². The summed E-state index contributed by atoms with van der Waals surface area (Å²) in [6.45, 7) is 2.87. The molecule has 3 heterocycles.